The van der Waals surface area contributed by atoms with E-state index in [1.807, 2.05) is 36.4 Å². The molecule has 42 heavy (non-hydrogen) atoms. The summed E-state index contributed by atoms with van der Waals surface area (Å²) in [6, 6.07) is 19.9. The van der Waals surface area contributed by atoms with Crippen LogP contribution in [0.1, 0.15) is 58.8 Å². The van der Waals surface area contributed by atoms with Crippen molar-refractivity contribution in [3.05, 3.63) is 72.5 Å². The van der Waals surface area contributed by atoms with Crippen LogP contribution in [0, 0.1) is 29.5 Å². The number of halogens is 1. The summed E-state index contributed by atoms with van der Waals surface area (Å²) in [5.74, 6) is 2.82. The Morgan fingerprint density at radius 1 is 0.929 bits per heavy atom. The predicted molar refractivity (Wildman–Crippen MR) is 165 cm³/mol. The van der Waals surface area contributed by atoms with Crippen molar-refractivity contribution >= 4 is 21.4 Å². The van der Waals surface area contributed by atoms with Gasteiger partial charge in [-0.15, -0.1) is 0 Å². The number of para-hydroxylation sites is 1. The van der Waals surface area contributed by atoms with Gasteiger partial charge in [0.15, 0.2) is 0 Å². The molecule has 7 heteroatoms. The smallest absolute Gasteiger partial charge is 0.245 e. The van der Waals surface area contributed by atoms with Gasteiger partial charge in [0.05, 0.1) is 5.69 Å². The highest BCUT2D eigenvalue weighted by Crippen LogP contribution is 2.58. The summed E-state index contributed by atoms with van der Waals surface area (Å²) in [7, 11) is -2.13. The SMILES string of the molecule is CC(C)C[C@@H]1CN(c2ccccc2)c2cc(OC34CC5CC(CC(C5)C3)C4)c(-c3ccc(F)cc3)cc2S(=O)(=O)N1C. The van der Waals surface area contributed by atoms with Crippen LogP contribution in [0.4, 0.5) is 15.8 Å². The van der Waals surface area contributed by atoms with Crippen molar-refractivity contribution < 1.29 is 17.5 Å². The lowest BCUT2D eigenvalue weighted by molar-refractivity contribution is -0.107. The third-order valence-corrected chi connectivity index (χ3v) is 12.1. The van der Waals surface area contributed by atoms with Crippen molar-refractivity contribution in [3.63, 3.8) is 0 Å². The third-order valence-electron chi connectivity index (χ3n) is 10.2. The summed E-state index contributed by atoms with van der Waals surface area (Å²) in [6.45, 7) is 4.81. The molecule has 0 radical (unpaired) electrons. The van der Waals surface area contributed by atoms with Crippen LogP contribution in [0.3, 0.4) is 0 Å². The summed E-state index contributed by atoms with van der Waals surface area (Å²) in [5.41, 5.74) is 2.83. The van der Waals surface area contributed by atoms with Gasteiger partial charge in [-0.3, -0.25) is 0 Å². The molecule has 0 spiro atoms. The molecule has 5 nitrogen and oxygen atoms in total. The molecule has 5 aliphatic rings. The van der Waals surface area contributed by atoms with E-state index in [0.29, 0.717) is 47.2 Å². The zero-order chi connectivity index (χ0) is 29.2. The fraction of sp³-hybridized carbons (Fsp3) is 0.486. The second kappa shape index (κ2) is 10.4. The number of nitrogens with zero attached hydrogens (tertiary/aromatic N) is 2. The number of sulfonamides is 1. The van der Waals surface area contributed by atoms with Crippen LogP contribution < -0.4 is 9.64 Å². The van der Waals surface area contributed by atoms with Crippen molar-refractivity contribution in [2.75, 3.05) is 18.5 Å². The van der Waals surface area contributed by atoms with E-state index in [-0.39, 0.29) is 22.4 Å². The molecule has 1 heterocycles. The fourth-order valence-electron chi connectivity index (χ4n) is 8.69. The van der Waals surface area contributed by atoms with Gasteiger partial charge in [0.25, 0.3) is 0 Å². The maximum atomic E-state index is 14.4. The molecule has 1 aliphatic heterocycles. The van der Waals surface area contributed by atoms with Gasteiger partial charge in [0.2, 0.25) is 10.0 Å². The average molecular weight is 589 g/mol. The van der Waals surface area contributed by atoms with Crippen molar-refractivity contribution in [1.82, 2.24) is 4.31 Å². The lowest BCUT2D eigenvalue weighted by Crippen LogP contribution is -2.53. The first-order chi connectivity index (χ1) is 20.1. The molecule has 222 valence electrons. The zero-order valence-corrected chi connectivity index (χ0v) is 25.6. The van der Waals surface area contributed by atoms with E-state index in [1.165, 1.54) is 31.4 Å². The van der Waals surface area contributed by atoms with Gasteiger partial charge in [-0.1, -0.05) is 44.2 Å². The first kappa shape index (κ1) is 27.9. The minimum absolute atomic E-state index is 0.204. The van der Waals surface area contributed by atoms with Crippen molar-refractivity contribution in [1.29, 1.82) is 0 Å². The van der Waals surface area contributed by atoms with Crippen LogP contribution in [0.25, 0.3) is 11.1 Å². The second-order valence-electron chi connectivity index (χ2n) is 13.8. The number of rotatable bonds is 6. The number of fused-ring (bicyclic) bond motifs is 1. The highest BCUT2D eigenvalue weighted by Gasteiger charge is 2.53. The number of hydrogen-bond acceptors (Lipinski definition) is 4. The average Bonchev–Trinajstić information content (AvgIpc) is 3.01. The van der Waals surface area contributed by atoms with E-state index in [9.17, 15) is 12.8 Å². The van der Waals surface area contributed by atoms with Crippen LogP contribution in [0.2, 0.25) is 0 Å². The number of benzene rings is 3. The Morgan fingerprint density at radius 3 is 2.14 bits per heavy atom. The second-order valence-corrected chi connectivity index (χ2v) is 15.7. The Kier molecular flexibility index (Phi) is 6.89. The van der Waals surface area contributed by atoms with Gasteiger partial charge in [-0.05, 0) is 105 Å². The van der Waals surface area contributed by atoms with Gasteiger partial charge in [-0.25, -0.2) is 12.8 Å². The summed E-state index contributed by atoms with van der Waals surface area (Å²) in [6.07, 6.45) is 7.83. The van der Waals surface area contributed by atoms with Gasteiger partial charge < -0.3 is 9.64 Å². The van der Waals surface area contributed by atoms with Crippen molar-refractivity contribution in [2.45, 2.75) is 75.3 Å². The fourth-order valence-corrected chi connectivity index (χ4v) is 10.2. The van der Waals surface area contributed by atoms with Crippen LogP contribution in [0.5, 0.6) is 5.75 Å². The maximum absolute atomic E-state index is 14.4. The quantitative estimate of drug-likeness (QED) is 0.293. The molecule has 8 rings (SSSR count). The van der Waals surface area contributed by atoms with E-state index in [2.05, 4.69) is 18.7 Å². The molecule has 4 fully saturated rings. The molecule has 3 aromatic rings. The molecule has 0 N–H and O–H groups in total. The van der Waals surface area contributed by atoms with E-state index in [1.54, 1.807) is 29.6 Å². The van der Waals surface area contributed by atoms with Crippen LogP contribution in [-0.2, 0) is 10.0 Å². The maximum Gasteiger partial charge on any atom is 0.245 e. The molecule has 3 aromatic carbocycles. The van der Waals surface area contributed by atoms with Crippen LogP contribution >= 0.6 is 0 Å². The summed E-state index contributed by atoms with van der Waals surface area (Å²) < 4.78 is 51.5. The Hall–Kier alpha value is -2.90. The van der Waals surface area contributed by atoms with Crippen LogP contribution in [-0.4, -0.2) is 38.0 Å². The van der Waals surface area contributed by atoms with Gasteiger partial charge in [0.1, 0.15) is 22.1 Å². The van der Waals surface area contributed by atoms with Crippen LogP contribution in [0.15, 0.2) is 71.6 Å². The van der Waals surface area contributed by atoms with E-state index in [0.717, 1.165) is 36.9 Å². The molecule has 0 saturated heterocycles. The minimum Gasteiger partial charge on any atom is -0.487 e. The molecule has 1 atom stereocenters. The Morgan fingerprint density at radius 2 is 1.55 bits per heavy atom. The number of likely N-dealkylation sites (N-methyl/N-ethyl adjacent to an activating group) is 1. The number of ether oxygens (including phenoxy) is 1. The van der Waals surface area contributed by atoms with Gasteiger partial charge >= 0.3 is 0 Å². The highest BCUT2D eigenvalue weighted by atomic mass is 32.2. The molecule has 4 saturated carbocycles. The van der Waals surface area contributed by atoms with E-state index in [4.69, 9.17) is 4.74 Å². The van der Waals surface area contributed by atoms with Crippen molar-refractivity contribution in [2.24, 2.45) is 23.7 Å². The standard InChI is InChI=1S/C35H41FN2O3S/c1-23(2)13-30-22-38(29-7-5-4-6-8-29)32-18-33(41-35-19-24-14-25(20-35)16-26(15-24)21-35)31(27-9-11-28(36)12-10-27)17-34(32)42(39,40)37(30)3/h4-12,17-18,23-26,30H,13-16,19-22H2,1-3H3/t24?,25?,26?,30-,35?/m1/s1. The molecule has 4 bridgehead atoms. The van der Waals surface area contributed by atoms with Crippen molar-refractivity contribution in [3.8, 4) is 16.9 Å². The lowest BCUT2D eigenvalue weighted by atomic mass is 9.54. The zero-order valence-electron chi connectivity index (χ0n) is 24.8. The Bertz CT molecular complexity index is 1540. The first-order valence-electron chi connectivity index (χ1n) is 15.5. The number of anilines is 2. The lowest BCUT2D eigenvalue weighted by Gasteiger charge is -2.56. The predicted octanol–water partition coefficient (Wildman–Crippen LogP) is 8.03. The third kappa shape index (κ3) is 4.92. The normalized spacial score (nSPS) is 29.9. The van der Waals surface area contributed by atoms with Gasteiger partial charge in [-0.2, -0.15) is 4.31 Å². The summed E-state index contributed by atoms with van der Waals surface area (Å²) in [5, 5.41) is 0. The molecule has 4 aliphatic carbocycles. The Labute approximate surface area is 249 Å². The topological polar surface area (TPSA) is 49.9 Å². The molecular weight excluding hydrogens is 547 g/mol. The molecule has 0 aromatic heterocycles. The molecule has 0 unspecified atom stereocenters. The Balaban J connectivity index is 1.42. The molecule has 0 amide bonds. The minimum atomic E-state index is -3.84. The first-order valence-corrected chi connectivity index (χ1v) is 17.0. The van der Waals surface area contributed by atoms with E-state index < -0.39 is 10.0 Å². The monoisotopic (exact) mass is 588 g/mol. The van der Waals surface area contributed by atoms with Gasteiger partial charge in [0, 0.05) is 37.0 Å². The summed E-state index contributed by atoms with van der Waals surface area (Å²) >= 11 is 0. The summed E-state index contributed by atoms with van der Waals surface area (Å²) in [4.78, 5) is 2.42. The molecular formula is C35H41FN2O3S. The van der Waals surface area contributed by atoms with E-state index >= 15 is 0 Å². The largest absolute Gasteiger partial charge is 0.487 e. The number of hydrogen-bond donors (Lipinski definition) is 0. The highest BCUT2D eigenvalue weighted by molar-refractivity contribution is 7.89.